The number of hydrogen-bond acceptors (Lipinski definition) is 3. The number of rotatable bonds is 15. The SMILES string of the molecule is CCCCCCOc1ccc(OCCCCCC)c(/C=C/C(=O)c2ccccc2)c1. The van der Waals surface area contributed by atoms with E-state index in [1.54, 1.807) is 6.08 Å². The predicted molar refractivity (Wildman–Crippen MR) is 126 cm³/mol. The lowest BCUT2D eigenvalue weighted by molar-refractivity contribution is 0.104. The number of allylic oxidation sites excluding steroid dienone is 1. The molecule has 0 unspecified atom stereocenters. The molecule has 0 atom stereocenters. The number of unbranched alkanes of at least 4 members (excludes halogenated alkanes) is 6. The smallest absolute Gasteiger partial charge is 0.185 e. The Morgan fingerprint density at radius 2 is 1.47 bits per heavy atom. The molecule has 3 heteroatoms. The summed E-state index contributed by atoms with van der Waals surface area (Å²) in [6.07, 6.45) is 12.8. The lowest BCUT2D eigenvalue weighted by Gasteiger charge is -2.12. The molecule has 0 aliphatic rings. The van der Waals surface area contributed by atoms with Gasteiger partial charge in [-0.05, 0) is 43.2 Å². The third kappa shape index (κ3) is 8.86. The van der Waals surface area contributed by atoms with Crippen molar-refractivity contribution < 1.29 is 14.3 Å². The van der Waals surface area contributed by atoms with Crippen LogP contribution in [0.25, 0.3) is 6.08 Å². The number of carbonyl (C=O) groups excluding carboxylic acids is 1. The molecule has 162 valence electrons. The zero-order chi connectivity index (χ0) is 21.4. The van der Waals surface area contributed by atoms with Crippen LogP contribution in [-0.2, 0) is 0 Å². The Kier molecular flexibility index (Phi) is 11.4. The molecule has 0 aliphatic carbocycles. The van der Waals surface area contributed by atoms with Crippen molar-refractivity contribution in [2.45, 2.75) is 65.2 Å². The highest BCUT2D eigenvalue weighted by Gasteiger charge is 2.06. The van der Waals surface area contributed by atoms with Gasteiger partial charge in [0.2, 0.25) is 0 Å². The number of ketones is 1. The first-order valence-corrected chi connectivity index (χ1v) is 11.4. The number of benzene rings is 2. The first-order valence-electron chi connectivity index (χ1n) is 11.4. The summed E-state index contributed by atoms with van der Waals surface area (Å²) >= 11 is 0. The summed E-state index contributed by atoms with van der Waals surface area (Å²) < 4.78 is 11.9. The average Bonchev–Trinajstić information content (AvgIpc) is 2.78. The molecule has 2 aromatic rings. The van der Waals surface area contributed by atoms with Gasteiger partial charge < -0.3 is 9.47 Å². The van der Waals surface area contributed by atoms with Crippen LogP contribution in [0.4, 0.5) is 0 Å². The van der Waals surface area contributed by atoms with Crippen molar-refractivity contribution >= 4 is 11.9 Å². The molecule has 0 saturated carbocycles. The van der Waals surface area contributed by atoms with Crippen molar-refractivity contribution in [2.75, 3.05) is 13.2 Å². The van der Waals surface area contributed by atoms with Gasteiger partial charge in [-0.3, -0.25) is 4.79 Å². The Morgan fingerprint density at radius 1 is 0.800 bits per heavy atom. The van der Waals surface area contributed by atoms with Crippen LogP contribution in [0.2, 0.25) is 0 Å². The van der Waals surface area contributed by atoms with E-state index in [4.69, 9.17) is 9.47 Å². The molecule has 0 heterocycles. The molecule has 2 aromatic carbocycles. The average molecular weight is 409 g/mol. The lowest BCUT2D eigenvalue weighted by atomic mass is 10.1. The van der Waals surface area contributed by atoms with Crippen LogP contribution in [0.1, 0.15) is 81.1 Å². The fourth-order valence-corrected chi connectivity index (χ4v) is 3.17. The zero-order valence-electron chi connectivity index (χ0n) is 18.6. The minimum absolute atomic E-state index is 0.0182. The van der Waals surface area contributed by atoms with E-state index in [-0.39, 0.29) is 5.78 Å². The molecule has 0 fully saturated rings. The third-order valence-corrected chi connectivity index (χ3v) is 4.98. The van der Waals surface area contributed by atoms with E-state index in [1.807, 2.05) is 54.6 Å². The van der Waals surface area contributed by atoms with E-state index in [2.05, 4.69) is 13.8 Å². The second-order valence-corrected chi connectivity index (χ2v) is 7.58. The molecule has 0 aromatic heterocycles. The molecule has 0 N–H and O–H groups in total. The van der Waals surface area contributed by atoms with Gasteiger partial charge in [0.25, 0.3) is 0 Å². The van der Waals surface area contributed by atoms with E-state index in [0.29, 0.717) is 18.8 Å². The van der Waals surface area contributed by atoms with Gasteiger partial charge in [0.05, 0.1) is 13.2 Å². The maximum atomic E-state index is 12.5. The standard InChI is InChI=1S/C27H36O3/c1-3-5-7-12-20-29-25-17-19-27(30-21-13-8-6-4-2)24(22-25)16-18-26(28)23-14-10-9-11-15-23/h9-11,14-19,22H,3-8,12-13,20-21H2,1-2H3/b18-16+. The molecule has 0 amide bonds. The van der Waals surface area contributed by atoms with Gasteiger partial charge in [0, 0.05) is 11.1 Å². The van der Waals surface area contributed by atoms with Crippen LogP contribution in [0.15, 0.2) is 54.6 Å². The van der Waals surface area contributed by atoms with E-state index >= 15 is 0 Å². The van der Waals surface area contributed by atoms with Crippen LogP contribution < -0.4 is 9.47 Å². The lowest BCUT2D eigenvalue weighted by Crippen LogP contribution is -2.01. The van der Waals surface area contributed by atoms with Crippen LogP contribution in [-0.4, -0.2) is 19.0 Å². The number of carbonyl (C=O) groups is 1. The molecule has 0 bridgehead atoms. The Bertz CT molecular complexity index is 765. The molecule has 3 nitrogen and oxygen atoms in total. The van der Waals surface area contributed by atoms with Gasteiger partial charge in [0.15, 0.2) is 5.78 Å². The summed E-state index contributed by atoms with van der Waals surface area (Å²) in [5.41, 5.74) is 1.56. The van der Waals surface area contributed by atoms with Crippen LogP contribution >= 0.6 is 0 Å². The third-order valence-electron chi connectivity index (χ3n) is 4.98. The minimum atomic E-state index is -0.0182. The Labute approximate surface area is 182 Å². The monoisotopic (exact) mass is 408 g/mol. The molecular formula is C27H36O3. The highest BCUT2D eigenvalue weighted by atomic mass is 16.5. The maximum Gasteiger partial charge on any atom is 0.185 e. The zero-order valence-corrected chi connectivity index (χ0v) is 18.6. The normalized spacial score (nSPS) is 11.0. The van der Waals surface area contributed by atoms with Gasteiger partial charge >= 0.3 is 0 Å². The first kappa shape index (κ1) is 23.7. The van der Waals surface area contributed by atoms with Crippen molar-refractivity contribution in [3.63, 3.8) is 0 Å². The Hall–Kier alpha value is -2.55. The van der Waals surface area contributed by atoms with E-state index < -0.39 is 0 Å². The maximum absolute atomic E-state index is 12.5. The van der Waals surface area contributed by atoms with Gasteiger partial charge in [-0.2, -0.15) is 0 Å². The second kappa shape index (κ2) is 14.4. The predicted octanol–water partition coefficient (Wildman–Crippen LogP) is 7.50. The molecule has 2 rings (SSSR count). The fourth-order valence-electron chi connectivity index (χ4n) is 3.17. The topological polar surface area (TPSA) is 35.5 Å². The summed E-state index contributed by atoms with van der Waals surface area (Å²) in [5, 5.41) is 0. The van der Waals surface area contributed by atoms with Crippen LogP contribution in [0, 0.1) is 0 Å². The van der Waals surface area contributed by atoms with Crippen LogP contribution in [0.5, 0.6) is 11.5 Å². The fraction of sp³-hybridized carbons (Fsp3) is 0.444. The molecular weight excluding hydrogens is 372 g/mol. The largest absolute Gasteiger partial charge is 0.494 e. The van der Waals surface area contributed by atoms with Gasteiger partial charge in [-0.15, -0.1) is 0 Å². The van der Waals surface area contributed by atoms with E-state index in [0.717, 1.165) is 29.9 Å². The molecule has 0 saturated heterocycles. The first-order chi connectivity index (χ1) is 14.7. The van der Waals surface area contributed by atoms with Crippen molar-refractivity contribution in [1.82, 2.24) is 0 Å². The highest BCUT2D eigenvalue weighted by Crippen LogP contribution is 2.26. The Balaban J connectivity index is 2.05. The highest BCUT2D eigenvalue weighted by molar-refractivity contribution is 6.06. The number of ether oxygens (including phenoxy) is 2. The van der Waals surface area contributed by atoms with Gasteiger partial charge in [-0.25, -0.2) is 0 Å². The molecule has 30 heavy (non-hydrogen) atoms. The number of hydrogen-bond donors (Lipinski definition) is 0. The van der Waals surface area contributed by atoms with E-state index in [9.17, 15) is 4.79 Å². The van der Waals surface area contributed by atoms with Crippen molar-refractivity contribution in [1.29, 1.82) is 0 Å². The Morgan fingerprint density at radius 3 is 2.13 bits per heavy atom. The quantitative estimate of drug-likeness (QED) is 0.174. The van der Waals surface area contributed by atoms with Gasteiger partial charge in [-0.1, -0.05) is 82.7 Å². The summed E-state index contributed by atoms with van der Waals surface area (Å²) in [6.45, 7) is 5.81. The minimum Gasteiger partial charge on any atom is -0.494 e. The van der Waals surface area contributed by atoms with Gasteiger partial charge in [0.1, 0.15) is 11.5 Å². The van der Waals surface area contributed by atoms with Crippen molar-refractivity contribution in [2.24, 2.45) is 0 Å². The molecule has 0 radical (unpaired) electrons. The summed E-state index contributed by atoms with van der Waals surface area (Å²) in [6, 6.07) is 15.2. The second-order valence-electron chi connectivity index (χ2n) is 7.58. The van der Waals surface area contributed by atoms with Crippen molar-refractivity contribution in [3.05, 3.63) is 65.7 Å². The summed E-state index contributed by atoms with van der Waals surface area (Å²) in [5.74, 6) is 1.59. The van der Waals surface area contributed by atoms with Crippen molar-refractivity contribution in [3.8, 4) is 11.5 Å². The van der Waals surface area contributed by atoms with Crippen LogP contribution in [0.3, 0.4) is 0 Å². The van der Waals surface area contributed by atoms with E-state index in [1.165, 1.54) is 38.5 Å². The molecule has 0 spiro atoms. The summed E-state index contributed by atoms with van der Waals surface area (Å²) in [7, 11) is 0. The molecule has 0 aliphatic heterocycles. The summed E-state index contributed by atoms with van der Waals surface area (Å²) in [4.78, 5) is 12.5.